The van der Waals surface area contributed by atoms with Crippen LogP contribution in [0.3, 0.4) is 0 Å². The first kappa shape index (κ1) is 13.8. The van der Waals surface area contributed by atoms with Gasteiger partial charge in [0.05, 0.1) is 5.56 Å². The van der Waals surface area contributed by atoms with E-state index in [-0.39, 0.29) is 5.54 Å². The summed E-state index contributed by atoms with van der Waals surface area (Å²) in [6, 6.07) is 4.17. The molecule has 1 aliphatic rings. The Morgan fingerprint density at radius 2 is 2.05 bits per heavy atom. The first-order valence-corrected chi connectivity index (χ1v) is 6.74. The van der Waals surface area contributed by atoms with Crippen molar-refractivity contribution in [2.24, 2.45) is 0 Å². The van der Waals surface area contributed by atoms with Crippen LogP contribution in [0, 0.1) is 18.3 Å². The van der Waals surface area contributed by atoms with Gasteiger partial charge < -0.3 is 9.80 Å². The maximum Gasteiger partial charge on any atom is 0.146 e. The zero-order chi connectivity index (χ0) is 14.0. The van der Waals surface area contributed by atoms with Gasteiger partial charge in [0.25, 0.3) is 0 Å². The van der Waals surface area contributed by atoms with Crippen molar-refractivity contribution in [2.45, 2.75) is 31.7 Å². The summed E-state index contributed by atoms with van der Waals surface area (Å²) < 4.78 is 0. The first-order chi connectivity index (χ1) is 9.00. The number of aromatic nitrogens is 1. The van der Waals surface area contributed by atoms with Crippen LogP contribution in [0.5, 0.6) is 0 Å². The minimum absolute atomic E-state index is 0.243. The number of pyridine rings is 1. The summed E-state index contributed by atoms with van der Waals surface area (Å²) >= 11 is 0. The molecular formula is C15H22N4. The molecule has 1 fully saturated rings. The highest BCUT2D eigenvalue weighted by molar-refractivity contribution is 5.57. The van der Waals surface area contributed by atoms with Gasteiger partial charge in [0.15, 0.2) is 0 Å². The molecule has 0 amide bonds. The van der Waals surface area contributed by atoms with E-state index in [1.807, 2.05) is 20.0 Å². The van der Waals surface area contributed by atoms with Crippen LogP contribution in [-0.2, 0) is 0 Å². The number of nitriles is 1. The molecule has 0 radical (unpaired) electrons. The van der Waals surface area contributed by atoms with Crippen LogP contribution in [0.2, 0.25) is 0 Å². The van der Waals surface area contributed by atoms with Gasteiger partial charge in [-0.2, -0.15) is 5.26 Å². The molecule has 1 aromatic heterocycles. The summed E-state index contributed by atoms with van der Waals surface area (Å²) in [5, 5.41) is 9.30. The molecule has 0 N–H and O–H groups in total. The topological polar surface area (TPSA) is 43.2 Å². The van der Waals surface area contributed by atoms with Crippen LogP contribution in [0.4, 0.5) is 5.82 Å². The van der Waals surface area contributed by atoms with Gasteiger partial charge in [-0.1, -0.05) is 0 Å². The Kier molecular flexibility index (Phi) is 3.77. The van der Waals surface area contributed by atoms with Crippen molar-refractivity contribution < 1.29 is 0 Å². The van der Waals surface area contributed by atoms with Crippen LogP contribution < -0.4 is 4.90 Å². The van der Waals surface area contributed by atoms with E-state index in [2.05, 4.69) is 34.9 Å². The average molecular weight is 258 g/mol. The number of rotatable bonds is 4. The fourth-order valence-electron chi connectivity index (χ4n) is 2.82. The number of anilines is 1. The number of nitrogens with zero attached hydrogens (tertiary/aromatic N) is 4. The second-order valence-electron chi connectivity index (χ2n) is 5.77. The molecule has 0 aromatic carbocycles. The third kappa shape index (κ3) is 2.43. The van der Waals surface area contributed by atoms with E-state index >= 15 is 0 Å². The third-order valence-corrected chi connectivity index (χ3v) is 4.38. The molecule has 1 saturated carbocycles. The summed E-state index contributed by atoms with van der Waals surface area (Å²) in [6.45, 7) is 2.88. The highest BCUT2D eigenvalue weighted by atomic mass is 15.2. The van der Waals surface area contributed by atoms with Gasteiger partial charge in [0.1, 0.15) is 11.9 Å². The van der Waals surface area contributed by atoms with E-state index in [0.717, 1.165) is 17.9 Å². The van der Waals surface area contributed by atoms with Gasteiger partial charge in [0, 0.05) is 25.3 Å². The molecule has 0 saturated heterocycles. The molecule has 2 rings (SSSR count). The summed E-state index contributed by atoms with van der Waals surface area (Å²) in [7, 11) is 6.32. The number of hydrogen-bond acceptors (Lipinski definition) is 4. The van der Waals surface area contributed by atoms with E-state index in [1.165, 1.54) is 19.3 Å². The van der Waals surface area contributed by atoms with Crippen molar-refractivity contribution in [2.75, 3.05) is 32.6 Å². The highest BCUT2D eigenvalue weighted by Gasteiger charge is 2.40. The van der Waals surface area contributed by atoms with Crippen LogP contribution >= 0.6 is 0 Å². The smallest absolute Gasteiger partial charge is 0.146 e. The molecule has 4 heteroatoms. The molecule has 1 aliphatic carbocycles. The zero-order valence-electron chi connectivity index (χ0n) is 12.3. The molecule has 102 valence electrons. The lowest BCUT2D eigenvalue weighted by molar-refractivity contribution is 0.0681. The molecule has 4 nitrogen and oxygen atoms in total. The van der Waals surface area contributed by atoms with E-state index in [9.17, 15) is 5.26 Å². The molecule has 0 spiro atoms. The van der Waals surface area contributed by atoms with E-state index in [1.54, 1.807) is 6.20 Å². The standard InChI is InChI=1S/C15H22N4/c1-12-6-9-17-14(13(12)10-16)19(4)11-15(18(2)3)7-5-8-15/h6,9H,5,7-8,11H2,1-4H3. The van der Waals surface area contributed by atoms with Crippen molar-refractivity contribution in [1.82, 2.24) is 9.88 Å². The average Bonchev–Trinajstić information content (AvgIpc) is 2.32. The Morgan fingerprint density at radius 3 is 2.53 bits per heavy atom. The molecule has 19 heavy (non-hydrogen) atoms. The Balaban J connectivity index is 2.24. The van der Waals surface area contributed by atoms with Crippen LogP contribution in [0.1, 0.15) is 30.4 Å². The van der Waals surface area contributed by atoms with Gasteiger partial charge in [-0.3, -0.25) is 0 Å². The van der Waals surface area contributed by atoms with Crippen LogP contribution in [0.25, 0.3) is 0 Å². The molecular weight excluding hydrogens is 236 g/mol. The van der Waals surface area contributed by atoms with Crippen molar-refractivity contribution in [3.63, 3.8) is 0 Å². The summed E-state index contributed by atoms with van der Waals surface area (Å²) in [4.78, 5) is 8.84. The van der Waals surface area contributed by atoms with Gasteiger partial charge in [-0.15, -0.1) is 0 Å². The Labute approximate surface area is 115 Å². The lowest BCUT2D eigenvalue weighted by atomic mass is 9.75. The second-order valence-corrected chi connectivity index (χ2v) is 5.77. The molecule has 0 atom stereocenters. The minimum Gasteiger partial charge on any atom is -0.357 e. The number of hydrogen-bond donors (Lipinski definition) is 0. The van der Waals surface area contributed by atoms with Gasteiger partial charge in [-0.05, 0) is 51.9 Å². The van der Waals surface area contributed by atoms with E-state index < -0.39 is 0 Å². The van der Waals surface area contributed by atoms with E-state index in [0.29, 0.717) is 5.56 Å². The molecule has 1 aromatic rings. The summed E-state index contributed by atoms with van der Waals surface area (Å²) in [5.41, 5.74) is 1.93. The largest absolute Gasteiger partial charge is 0.357 e. The van der Waals surface area contributed by atoms with Gasteiger partial charge in [-0.25, -0.2) is 4.98 Å². The van der Waals surface area contributed by atoms with Crippen molar-refractivity contribution in [3.05, 3.63) is 23.4 Å². The van der Waals surface area contributed by atoms with Gasteiger partial charge >= 0.3 is 0 Å². The Morgan fingerprint density at radius 1 is 1.37 bits per heavy atom. The second kappa shape index (κ2) is 5.18. The minimum atomic E-state index is 0.243. The highest BCUT2D eigenvalue weighted by Crippen LogP contribution is 2.37. The van der Waals surface area contributed by atoms with E-state index in [4.69, 9.17) is 0 Å². The van der Waals surface area contributed by atoms with Crippen molar-refractivity contribution >= 4 is 5.82 Å². The lowest BCUT2D eigenvalue weighted by Crippen LogP contribution is -2.57. The van der Waals surface area contributed by atoms with Crippen molar-refractivity contribution in [1.29, 1.82) is 5.26 Å². The lowest BCUT2D eigenvalue weighted by Gasteiger charge is -2.49. The zero-order valence-corrected chi connectivity index (χ0v) is 12.3. The van der Waals surface area contributed by atoms with Crippen LogP contribution in [0.15, 0.2) is 12.3 Å². The Bertz CT molecular complexity index is 497. The van der Waals surface area contributed by atoms with Crippen molar-refractivity contribution in [3.8, 4) is 6.07 Å². The third-order valence-electron chi connectivity index (χ3n) is 4.38. The molecule has 0 aliphatic heterocycles. The van der Waals surface area contributed by atoms with Crippen LogP contribution in [-0.4, -0.2) is 43.1 Å². The SMILES string of the molecule is Cc1ccnc(N(C)CC2(N(C)C)CCC2)c1C#N. The maximum atomic E-state index is 9.30. The first-order valence-electron chi connectivity index (χ1n) is 6.74. The monoisotopic (exact) mass is 258 g/mol. The number of aryl methyl sites for hydroxylation is 1. The normalized spacial score (nSPS) is 16.8. The molecule has 0 bridgehead atoms. The van der Waals surface area contributed by atoms with Gasteiger partial charge in [0.2, 0.25) is 0 Å². The molecule has 1 heterocycles. The predicted octanol–water partition coefficient (Wildman–Crippen LogP) is 2.18. The summed E-state index contributed by atoms with van der Waals surface area (Å²) in [5.74, 6) is 0.802. The fourth-order valence-corrected chi connectivity index (χ4v) is 2.82. The Hall–Kier alpha value is -1.60. The predicted molar refractivity (Wildman–Crippen MR) is 77.2 cm³/mol. The molecule has 0 unspecified atom stereocenters. The fraction of sp³-hybridized carbons (Fsp3) is 0.600. The number of likely N-dealkylation sites (N-methyl/N-ethyl adjacent to an activating group) is 2. The summed E-state index contributed by atoms with van der Waals surface area (Å²) in [6.07, 6.45) is 5.51. The maximum absolute atomic E-state index is 9.30. The quantitative estimate of drug-likeness (QED) is 0.830.